The van der Waals surface area contributed by atoms with Gasteiger partial charge in [0.05, 0.1) is 18.9 Å². The Morgan fingerprint density at radius 2 is 1.12 bits per heavy atom. The number of hydrogen-bond donors (Lipinski definition) is 0. The molecule has 3 aromatic rings. The molecule has 0 unspecified atom stereocenters. The average molecular weight is 319 g/mol. The van der Waals surface area contributed by atoms with Crippen molar-refractivity contribution in [1.82, 2.24) is 4.98 Å². The predicted molar refractivity (Wildman–Crippen MR) is 97.4 cm³/mol. The number of rotatable bonds is 6. The summed E-state index contributed by atoms with van der Waals surface area (Å²) in [5.41, 5.74) is 4.25. The molecule has 0 fully saturated rings. The van der Waals surface area contributed by atoms with E-state index in [1.165, 1.54) is 0 Å². The van der Waals surface area contributed by atoms with Gasteiger partial charge in [-0.15, -0.1) is 0 Å². The van der Waals surface area contributed by atoms with E-state index >= 15 is 0 Å². The Balaban J connectivity index is 1.77. The molecule has 1 aromatic heterocycles. The second-order valence-electron chi connectivity index (χ2n) is 5.35. The molecule has 2 aromatic carbocycles. The van der Waals surface area contributed by atoms with Crippen LogP contribution in [0.4, 0.5) is 0 Å². The molecule has 0 aliphatic carbocycles. The van der Waals surface area contributed by atoms with Gasteiger partial charge in [0.25, 0.3) is 0 Å². The van der Waals surface area contributed by atoms with Crippen molar-refractivity contribution in [3.8, 4) is 33.9 Å². The molecule has 24 heavy (non-hydrogen) atoms. The first kappa shape index (κ1) is 16.1. The topological polar surface area (TPSA) is 31.4 Å². The largest absolute Gasteiger partial charge is 0.494 e. The van der Waals surface area contributed by atoms with Crippen LogP contribution in [0.25, 0.3) is 22.4 Å². The van der Waals surface area contributed by atoms with Crippen LogP contribution < -0.4 is 9.47 Å². The fourth-order valence-corrected chi connectivity index (χ4v) is 2.53. The Morgan fingerprint density at radius 1 is 0.625 bits per heavy atom. The minimum absolute atomic E-state index is 0.675. The van der Waals surface area contributed by atoms with Crippen molar-refractivity contribution in [2.24, 2.45) is 0 Å². The van der Waals surface area contributed by atoms with Crippen molar-refractivity contribution in [3.63, 3.8) is 0 Å². The Hall–Kier alpha value is -2.81. The van der Waals surface area contributed by atoms with E-state index in [9.17, 15) is 0 Å². The van der Waals surface area contributed by atoms with E-state index in [0.29, 0.717) is 13.2 Å². The van der Waals surface area contributed by atoms with Gasteiger partial charge < -0.3 is 9.47 Å². The summed E-state index contributed by atoms with van der Waals surface area (Å²) in [6.07, 6.45) is 1.90. The Labute approximate surface area is 142 Å². The van der Waals surface area contributed by atoms with Crippen molar-refractivity contribution in [1.29, 1.82) is 0 Å². The fraction of sp³-hybridized carbons (Fsp3) is 0.190. The molecular formula is C21H21NO2. The first-order valence-corrected chi connectivity index (χ1v) is 8.22. The van der Waals surface area contributed by atoms with Gasteiger partial charge in [0.1, 0.15) is 11.5 Å². The van der Waals surface area contributed by atoms with Gasteiger partial charge in [-0.3, -0.25) is 4.98 Å². The molecule has 0 saturated heterocycles. The van der Waals surface area contributed by atoms with Crippen LogP contribution in [0.15, 0.2) is 66.9 Å². The molecule has 0 amide bonds. The molecule has 1 heterocycles. The molecule has 0 saturated carbocycles. The van der Waals surface area contributed by atoms with Crippen molar-refractivity contribution >= 4 is 0 Å². The minimum atomic E-state index is 0.675. The molecule has 3 nitrogen and oxygen atoms in total. The summed E-state index contributed by atoms with van der Waals surface area (Å²) in [6.45, 7) is 5.32. The summed E-state index contributed by atoms with van der Waals surface area (Å²) in [7, 11) is 0. The number of benzene rings is 2. The zero-order valence-electron chi connectivity index (χ0n) is 14.0. The van der Waals surface area contributed by atoms with Crippen LogP contribution in [-0.4, -0.2) is 18.2 Å². The molecule has 122 valence electrons. The van der Waals surface area contributed by atoms with E-state index < -0.39 is 0 Å². The lowest BCUT2D eigenvalue weighted by atomic mass is 10.1. The first-order chi connectivity index (χ1) is 11.8. The van der Waals surface area contributed by atoms with Gasteiger partial charge in [-0.2, -0.15) is 0 Å². The first-order valence-electron chi connectivity index (χ1n) is 8.22. The maximum Gasteiger partial charge on any atom is 0.119 e. The van der Waals surface area contributed by atoms with Gasteiger partial charge in [-0.1, -0.05) is 18.2 Å². The summed E-state index contributed by atoms with van der Waals surface area (Å²) >= 11 is 0. The summed E-state index contributed by atoms with van der Waals surface area (Å²) in [5.74, 6) is 1.77. The molecule has 0 aliphatic heterocycles. The molecule has 0 N–H and O–H groups in total. The average Bonchev–Trinajstić information content (AvgIpc) is 2.64. The Kier molecular flexibility index (Phi) is 5.12. The highest BCUT2D eigenvalue weighted by molar-refractivity contribution is 5.67. The zero-order chi connectivity index (χ0) is 16.8. The lowest BCUT2D eigenvalue weighted by Gasteiger charge is -2.07. The summed E-state index contributed by atoms with van der Waals surface area (Å²) in [4.78, 5) is 4.59. The monoisotopic (exact) mass is 319 g/mol. The Bertz CT molecular complexity index is 694. The second kappa shape index (κ2) is 7.64. The third kappa shape index (κ3) is 3.74. The highest BCUT2D eigenvalue weighted by Gasteiger charge is 2.03. The molecular weight excluding hydrogens is 298 g/mol. The van der Waals surface area contributed by atoms with Gasteiger partial charge >= 0.3 is 0 Å². The van der Waals surface area contributed by atoms with Crippen LogP contribution in [0.3, 0.4) is 0 Å². The van der Waals surface area contributed by atoms with E-state index in [1.807, 2.05) is 62.5 Å². The quantitative estimate of drug-likeness (QED) is 0.625. The number of nitrogens with zero attached hydrogens (tertiary/aromatic N) is 1. The normalized spacial score (nSPS) is 10.4. The molecule has 0 aliphatic rings. The predicted octanol–water partition coefficient (Wildman–Crippen LogP) is 5.21. The lowest BCUT2D eigenvalue weighted by molar-refractivity contribution is 0.340. The highest BCUT2D eigenvalue weighted by Crippen LogP contribution is 2.25. The Morgan fingerprint density at radius 3 is 1.58 bits per heavy atom. The molecule has 0 atom stereocenters. The number of ether oxygens (including phenoxy) is 2. The smallest absolute Gasteiger partial charge is 0.119 e. The van der Waals surface area contributed by atoms with E-state index in [1.54, 1.807) is 0 Å². The maximum atomic E-state index is 5.47. The van der Waals surface area contributed by atoms with E-state index in [-0.39, 0.29) is 0 Å². The van der Waals surface area contributed by atoms with Gasteiger partial charge in [0.15, 0.2) is 0 Å². The minimum Gasteiger partial charge on any atom is -0.494 e. The molecule has 0 radical (unpaired) electrons. The standard InChI is InChI=1S/C21H21NO2/c1-3-23-19-10-5-16(6-11-19)18-9-14-21(22-15-18)17-7-12-20(13-8-17)24-4-2/h5-15H,3-4H2,1-2H3. The summed E-state index contributed by atoms with van der Waals surface area (Å²) in [5, 5.41) is 0. The third-order valence-electron chi connectivity index (χ3n) is 3.72. The van der Waals surface area contributed by atoms with Crippen LogP contribution in [0.2, 0.25) is 0 Å². The van der Waals surface area contributed by atoms with Crippen molar-refractivity contribution < 1.29 is 9.47 Å². The molecule has 0 bridgehead atoms. The lowest BCUT2D eigenvalue weighted by Crippen LogP contribution is -1.91. The molecule has 0 spiro atoms. The highest BCUT2D eigenvalue weighted by atomic mass is 16.5. The number of hydrogen-bond acceptors (Lipinski definition) is 3. The van der Waals surface area contributed by atoms with Crippen molar-refractivity contribution in [3.05, 3.63) is 66.9 Å². The molecule has 3 rings (SSSR count). The number of aromatic nitrogens is 1. The van der Waals surface area contributed by atoms with Crippen LogP contribution in [0.1, 0.15) is 13.8 Å². The fourth-order valence-electron chi connectivity index (χ4n) is 2.53. The van der Waals surface area contributed by atoms with E-state index in [4.69, 9.17) is 9.47 Å². The molecule has 3 heteroatoms. The van der Waals surface area contributed by atoms with Crippen molar-refractivity contribution in [2.45, 2.75) is 13.8 Å². The van der Waals surface area contributed by atoms with Crippen molar-refractivity contribution in [2.75, 3.05) is 13.2 Å². The van der Waals surface area contributed by atoms with Crippen LogP contribution in [0.5, 0.6) is 11.5 Å². The van der Waals surface area contributed by atoms with E-state index in [2.05, 4.69) is 23.2 Å². The zero-order valence-corrected chi connectivity index (χ0v) is 14.0. The van der Waals surface area contributed by atoms with E-state index in [0.717, 1.165) is 33.9 Å². The van der Waals surface area contributed by atoms with Gasteiger partial charge in [-0.05, 0) is 61.9 Å². The van der Waals surface area contributed by atoms with Gasteiger partial charge in [0, 0.05) is 17.3 Å². The maximum absolute atomic E-state index is 5.47. The second-order valence-corrected chi connectivity index (χ2v) is 5.35. The van der Waals surface area contributed by atoms with Crippen LogP contribution in [-0.2, 0) is 0 Å². The van der Waals surface area contributed by atoms with Crippen LogP contribution >= 0.6 is 0 Å². The third-order valence-corrected chi connectivity index (χ3v) is 3.72. The number of pyridine rings is 1. The van der Waals surface area contributed by atoms with Crippen LogP contribution in [0, 0.1) is 0 Å². The summed E-state index contributed by atoms with van der Waals surface area (Å²) < 4.78 is 10.9. The SMILES string of the molecule is CCOc1ccc(-c2ccc(-c3ccc(OCC)cc3)nc2)cc1. The van der Waals surface area contributed by atoms with Gasteiger partial charge in [-0.25, -0.2) is 0 Å². The summed E-state index contributed by atoms with van der Waals surface area (Å²) in [6, 6.07) is 20.2. The van der Waals surface area contributed by atoms with Gasteiger partial charge in [0.2, 0.25) is 0 Å².